The summed E-state index contributed by atoms with van der Waals surface area (Å²) < 4.78 is 13.2. The average molecular weight is 348 g/mol. The molecule has 1 atom stereocenters. The standard InChI is InChI=1S/C17H17FN2OS2/c18-14-3-5-15(6-4-14)20(11-13-2-1-7-19-10-13)17(21)16-12-22-8-9-23-16/h1-7,10,16H,8-9,11-12H2/t16-/m0/s1. The number of anilines is 1. The Balaban J connectivity index is 1.85. The first kappa shape index (κ1) is 16.3. The molecule has 1 fully saturated rings. The second-order valence-electron chi connectivity index (χ2n) is 5.20. The number of halogens is 1. The second-order valence-corrected chi connectivity index (χ2v) is 7.66. The first-order valence-electron chi connectivity index (χ1n) is 7.39. The third-order valence-corrected chi connectivity index (χ3v) is 6.30. The third-order valence-electron chi connectivity index (χ3n) is 3.56. The van der Waals surface area contributed by atoms with E-state index in [4.69, 9.17) is 0 Å². The summed E-state index contributed by atoms with van der Waals surface area (Å²) >= 11 is 3.52. The number of amides is 1. The molecule has 2 aromatic rings. The van der Waals surface area contributed by atoms with Crippen molar-refractivity contribution in [2.24, 2.45) is 0 Å². The normalized spacial score (nSPS) is 17.7. The van der Waals surface area contributed by atoms with Crippen LogP contribution in [0.15, 0.2) is 48.8 Å². The molecule has 2 heterocycles. The van der Waals surface area contributed by atoms with Gasteiger partial charge in [-0.3, -0.25) is 9.78 Å². The van der Waals surface area contributed by atoms with Crippen LogP contribution in [0.1, 0.15) is 5.56 Å². The van der Waals surface area contributed by atoms with Gasteiger partial charge in [0.15, 0.2) is 0 Å². The van der Waals surface area contributed by atoms with Crippen LogP contribution in [0.3, 0.4) is 0 Å². The fourth-order valence-electron chi connectivity index (χ4n) is 2.40. The van der Waals surface area contributed by atoms with Gasteiger partial charge in [0, 0.05) is 35.3 Å². The van der Waals surface area contributed by atoms with Crippen molar-refractivity contribution >= 4 is 35.1 Å². The highest BCUT2D eigenvalue weighted by atomic mass is 32.2. The van der Waals surface area contributed by atoms with Crippen LogP contribution in [0.25, 0.3) is 0 Å². The number of aromatic nitrogens is 1. The SMILES string of the molecule is O=C([C@@H]1CSCCS1)N(Cc1cccnc1)c1ccc(F)cc1. The lowest BCUT2D eigenvalue weighted by Crippen LogP contribution is -2.40. The van der Waals surface area contributed by atoms with Crippen molar-refractivity contribution in [3.63, 3.8) is 0 Å². The molecule has 1 aliphatic heterocycles. The van der Waals surface area contributed by atoms with Crippen LogP contribution in [0, 0.1) is 5.82 Å². The van der Waals surface area contributed by atoms with Crippen molar-refractivity contribution in [3.8, 4) is 0 Å². The van der Waals surface area contributed by atoms with Gasteiger partial charge in [-0.05, 0) is 35.9 Å². The van der Waals surface area contributed by atoms with Crippen LogP contribution >= 0.6 is 23.5 Å². The van der Waals surface area contributed by atoms with Gasteiger partial charge >= 0.3 is 0 Å². The zero-order valence-corrected chi connectivity index (χ0v) is 14.2. The number of pyridine rings is 1. The Morgan fingerprint density at radius 3 is 2.74 bits per heavy atom. The third kappa shape index (κ3) is 4.26. The van der Waals surface area contributed by atoms with E-state index in [0.29, 0.717) is 6.54 Å². The molecule has 0 radical (unpaired) electrons. The van der Waals surface area contributed by atoms with Crippen LogP contribution in [-0.4, -0.2) is 33.4 Å². The molecule has 1 saturated heterocycles. The Hall–Kier alpha value is -1.53. The van der Waals surface area contributed by atoms with Crippen LogP contribution in [0.5, 0.6) is 0 Å². The number of carbonyl (C=O) groups excluding carboxylic acids is 1. The van der Waals surface area contributed by atoms with Gasteiger partial charge in [0.1, 0.15) is 5.82 Å². The summed E-state index contributed by atoms with van der Waals surface area (Å²) in [7, 11) is 0. The van der Waals surface area contributed by atoms with E-state index in [1.165, 1.54) is 12.1 Å². The zero-order chi connectivity index (χ0) is 16.1. The van der Waals surface area contributed by atoms with Crippen molar-refractivity contribution in [1.29, 1.82) is 0 Å². The van der Waals surface area contributed by atoms with Crippen LogP contribution in [-0.2, 0) is 11.3 Å². The molecule has 0 aliphatic carbocycles. The Morgan fingerprint density at radius 2 is 2.09 bits per heavy atom. The van der Waals surface area contributed by atoms with Crippen molar-refractivity contribution in [2.75, 3.05) is 22.2 Å². The summed E-state index contributed by atoms with van der Waals surface area (Å²) in [5, 5.41) is -0.0459. The maximum atomic E-state index is 13.2. The number of hydrogen-bond donors (Lipinski definition) is 0. The molecule has 1 aromatic carbocycles. The summed E-state index contributed by atoms with van der Waals surface area (Å²) in [6.45, 7) is 0.444. The van der Waals surface area contributed by atoms with Gasteiger partial charge in [-0.2, -0.15) is 11.8 Å². The number of carbonyl (C=O) groups is 1. The van der Waals surface area contributed by atoms with Crippen molar-refractivity contribution in [1.82, 2.24) is 4.98 Å². The zero-order valence-electron chi connectivity index (χ0n) is 12.5. The van der Waals surface area contributed by atoms with E-state index in [9.17, 15) is 9.18 Å². The minimum atomic E-state index is -0.301. The van der Waals surface area contributed by atoms with Gasteiger partial charge in [-0.1, -0.05) is 6.07 Å². The molecule has 0 saturated carbocycles. The highest BCUT2D eigenvalue weighted by Crippen LogP contribution is 2.28. The lowest BCUT2D eigenvalue weighted by atomic mass is 10.2. The molecule has 0 unspecified atom stereocenters. The molecule has 0 bridgehead atoms. The first-order valence-corrected chi connectivity index (χ1v) is 9.59. The van der Waals surface area contributed by atoms with Gasteiger partial charge in [0.25, 0.3) is 0 Å². The van der Waals surface area contributed by atoms with Gasteiger partial charge in [-0.15, -0.1) is 11.8 Å². The molecule has 1 aliphatic rings. The predicted octanol–water partition coefficient (Wildman–Crippen LogP) is 3.60. The smallest absolute Gasteiger partial charge is 0.241 e. The van der Waals surface area contributed by atoms with Gasteiger partial charge in [-0.25, -0.2) is 4.39 Å². The molecule has 1 amide bonds. The van der Waals surface area contributed by atoms with Crippen LogP contribution in [0.2, 0.25) is 0 Å². The van der Waals surface area contributed by atoms with E-state index in [1.807, 2.05) is 23.9 Å². The van der Waals surface area contributed by atoms with E-state index in [2.05, 4.69) is 4.98 Å². The lowest BCUT2D eigenvalue weighted by Gasteiger charge is -2.29. The molecule has 0 spiro atoms. The maximum Gasteiger partial charge on any atom is 0.241 e. The van der Waals surface area contributed by atoms with Crippen LogP contribution in [0.4, 0.5) is 10.1 Å². The maximum absolute atomic E-state index is 13.2. The molecular formula is C17H17FN2OS2. The van der Waals surface area contributed by atoms with Gasteiger partial charge in [0.05, 0.1) is 11.8 Å². The van der Waals surface area contributed by atoms with E-state index in [0.717, 1.165) is 28.5 Å². The van der Waals surface area contributed by atoms with Gasteiger partial charge < -0.3 is 4.90 Å². The highest BCUT2D eigenvalue weighted by molar-refractivity contribution is 8.07. The van der Waals surface area contributed by atoms with E-state index < -0.39 is 0 Å². The summed E-state index contributed by atoms with van der Waals surface area (Å²) in [5.41, 5.74) is 1.68. The summed E-state index contributed by atoms with van der Waals surface area (Å²) in [5.74, 6) is 2.69. The summed E-state index contributed by atoms with van der Waals surface area (Å²) in [6, 6.07) is 9.89. The molecule has 1 aromatic heterocycles. The number of benzene rings is 1. The largest absolute Gasteiger partial charge is 0.307 e. The highest BCUT2D eigenvalue weighted by Gasteiger charge is 2.28. The Kier molecular flexibility index (Phi) is 5.56. The Labute approximate surface area is 143 Å². The molecule has 0 N–H and O–H groups in total. The summed E-state index contributed by atoms with van der Waals surface area (Å²) in [6.07, 6.45) is 3.47. The topological polar surface area (TPSA) is 33.2 Å². The second kappa shape index (κ2) is 7.84. The van der Waals surface area contributed by atoms with Crippen molar-refractivity contribution in [2.45, 2.75) is 11.8 Å². The number of thioether (sulfide) groups is 2. The Morgan fingerprint density at radius 1 is 1.26 bits per heavy atom. The fourth-order valence-corrected chi connectivity index (χ4v) is 5.00. The van der Waals surface area contributed by atoms with Gasteiger partial charge in [0.2, 0.25) is 5.91 Å². The molecule has 120 valence electrons. The first-order chi connectivity index (χ1) is 11.2. The predicted molar refractivity (Wildman–Crippen MR) is 95.4 cm³/mol. The minimum Gasteiger partial charge on any atom is -0.307 e. The molecular weight excluding hydrogens is 331 g/mol. The van der Waals surface area contributed by atoms with E-state index in [-0.39, 0.29) is 17.0 Å². The average Bonchev–Trinajstić information content (AvgIpc) is 2.62. The molecule has 6 heteroatoms. The Bertz CT molecular complexity index is 645. The van der Waals surface area contributed by atoms with E-state index in [1.54, 1.807) is 41.2 Å². The number of hydrogen-bond acceptors (Lipinski definition) is 4. The quantitative estimate of drug-likeness (QED) is 0.845. The number of nitrogens with zero attached hydrogens (tertiary/aromatic N) is 2. The monoisotopic (exact) mass is 348 g/mol. The molecule has 3 rings (SSSR count). The molecule has 3 nitrogen and oxygen atoms in total. The lowest BCUT2D eigenvalue weighted by molar-refractivity contribution is -0.117. The van der Waals surface area contributed by atoms with Crippen molar-refractivity contribution < 1.29 is 9.18 Å². The number of rotatable bonds is 4. The van der Waals surface area contributed by atoms with Crippen molar-refractivity contribution in [3.05, 3.63) is 60.2 Å². The minimum absolute atomic E-state index is 0.0459. The van der Waals surface area contributed by atoms with E-state index >= 15 is 0 Å². The fraction of sp³-hybridized carbons (Fsp3) is 0.294. The summed E-state index contributed by atoms with van der Waals surface area (Å²) in [4.78, 5) is 18.8. The molecule has 23 heavy (non-hydrogen) atoms. The van der Waals surface area contributed by atoms with Crippen LogP contribution < -0.4 is 4.90 Å².